The van der Waals surface area contributed by atoms with E-state index >= 15 is 0 Å². The molecule has 23 heavy (non-hydrogen) atoms. The summed E-state index contributed by atoms with van der Waals surface area (Å²) in [4.78, 5) is 22.6. The fraction of sp³-hybridized carbons (Fsp3) is 0.692. The number of terminal acetylenes is 1. The van der Waals surface area contributed by atoms with Crippen molar-refractivity contribution in [2.45, 2.75) is 49.1 Å². The lowest BCUT2D eigenvalue weighted by Gasteiger charge is -2.44. The zero-order chi connectivity index (χ0) is 17.8. The Labute approximate surface area is 131 Å². The topological polar surface area (TPSA) is 177 Å². The third kappa shape index (κ3) is 4.38. The fourth-order valence-corrected chi connectivity index (χ4v) is 2.23. The van der Waals surface area contributed by atoms with E-state index in [0.717, 1.165) is 0 Å². The van der Waals surface area contributed by atoms with E-state index in [1.807, 2.05) is 0 Å². The summed E-state index contributed by atoms with van der Waals surface area (Å²) in [6, 6.07) is -1.35. The van der Waals surface area contributed by atoms with Gasteiger partial charge in [0, 0.05) is 6.42 Å². The van der Waals surface area contributed by atoms with Gasteiger partial charge in [-0.2, -0.15) is 0 Å². The molecule has 1 rings (SSSR count). The number of nitrogens with one attached hydrogen (secondary N) is 1. The largest absolute Gasteiger partial charge is 0.477 e. The minimum absolute atomic E-state index is 0.349. The lowest BCUT2D eigenvalue weighted by Crippen LogP contribution is -2.67. The van der Waals surface area contributed by atoms with Crippen LogP contribution in [-0.2, 0) is 14.3 Å². The normalized spacial score (nSPS) is 33.3. The van der Waals surface area contributed by atoms with Gasteiger partial charge in [0.25, 0.3) is 5.79 Å². The van der Waals surface area contributed by atoms with Crippen LogP contribution in [0.1, 0.15) is 12.8 Å². The molecule has 1 fully saturated rings. The van der Waals surface area contributed by atoms with Crippen LogP contribution >= 0.6 is 0 Å². The van der Waals surface area contributed by atoms with Crippen LogP contribution in [0.2, 0.25) is 0 Å². The van der Waals surface area contributed by atoms with Gasteiger partial charge in [0.2, 0.25) is 5.91 Å². The zero-order valence-electron chi connectivity index (χ0n) is 12.0. The highest BCUT2D eigenvalue weighted by atomic mass is 16.7. The van der Waals surface area contributed by atoms with Crippen LogP contribution in [0.15, 0.2) is 0 Å². The average molecular weight is 333 g/mol. The molecule has 130 valence electrons. The standard InChI is InChI=1S/C13H19NO9/c1-2-3-8(18)14-9-6(16)4-13(22,12(20)21)23-11(9)10(19)7(17)5-15/h1,6-7,9-11,15-17,19,22H,3-5H2,(H,14,18)(H,20,21)/t6?,7-,9?,10-,11?,13?/m1/s1. The molecular weight excluding hydrogens is 314 g/mol. The van der Waals surface area contributed by atoms with E-state index in [2.05, 4.69) is 11.2 Å². The Balaban J connectivity index is 3.07. The summed E-state index contributed by atoms with van der Waals surface area (Å²) >= 11 is 0. The first kappa shape index (κ1) is 19.3. The van der Waals surface area contributed by atoms with Crippen molar-refractivity contribution in [1.82, 2.24) is 5.32 Å². The maximum absolute atomic E-state index is 11.6. The minimum atomic E-state index is -2.83. The van der Waals surface area contributed by atoms with E-state index in [1.165, 1.54) is 0 Å². The van der Waals surface area contributed by atoms with E-state index in [-0.39, 0.29) is 6.42 Å². The second-order valence-corrected chi connectivity index (χ2v) is 5.16. The van der Waals surface area contributed by atoms with E-state index in [0.29, 0.717) is 0 Å². The maximum atomic E-state index is 11.6. The van der Waals surface area contributed by atoms with Crippen LogP contribution in [-0.4, -0.2) is 85.4 Å². The predicted molar refractivity (Wildman–Crippen MR) is 72.6 cm³/mol. The van der Waals surface area contributed by atoms with Crippen molar-refractivity contribution >= 4 is 11.9 Å². The van der Waals surface area contributed by atoms with Crippen LogP contribution in [0, 0.1) is 12.3 Å². The van der Waals surface area contributed by atoms with Gasteiger partial charge in [0.1, 0.15) is 18.3 Å². The molecule has 1 amide bonds. The number of aliphatic carboxylic acids is 1. The number of aliphatic hydroxyl groups is 5. The molecule has 10 nitrogen and oxygen atoms in total. The molecule has 0 aromatic rings. The van der Waals surface area contributed by atoms with Gasteiger partial charge in [-0.05, 0) is 0 Å². The Kier molecular flexibility index (Phi) is 6.46. The van der Waals surface area contributed by atoms with Crippen molar-refractivity contribution in [2.75, 3.05) is 6.61 Å². The molecule has 0 bridgehead atoms. The van der Waals surface area contributed by atoms with Gasteiger partial charge in [-0.15, -0.1) is 6.42 Å². The summed E-state index contributed by atoms with van der Waals surface area (Å²) in [6.07, 6.45) is -3.13. The molecule has 0 aromatic carbocycles. The number of carboxylic acid groups (broad SMARTS) is 1. The smallest absolute Gasteiger partial charge is 0.364 e. The van der Waals surface area contributed by atoms with Crippen LogP contribution in [0.4, 0.5) is 0 Å². The summed E-state index contributed by atoms with van der Waals surface area (Å²) in [5.41, 5.74) is 0. The Morgan fingerprint density at radius 3 is 2.52 bits per heavy atom. The molecule has 4 unspecified atom stereocenters. The highest BCUT2D eigenvalue weighted by Gasteiger charge is 2.53. The molecule has 0 spiro atoms. The monoisotopic (exact) mass is 333 g/mol. The average Bonchev–Trinajstić information content (AvgIpc) is 2.48. The third-order valence-electron chi connectivity index (χ3n) is 3.43. The number of carbonyl (C=O) groups is 2. The summed E-state index contributed by atoms with van der Waals surface area (Å²) in [5.74, 6) is -3.30. The van der Waals surface area contributed by atoms with Crippen LogP contribution in [0.25, 0.3) is 0 Å². The van der Waals surface area contributed by atoms with E-state index in [9.17, 15) is 30.0 Å². The molecule has 0 radical (unpaired) electrons. The first-order valence-corrected chi connectivity index (χ1v) is 6.67. The highest BCUT2D eigenvalue weighted by molar-refractivity contribution is 5.79. The van der Waals surface area contributed by atoms with E-state index in [1.54, 1.807) is 0 Å². The summed E-state index contributed by atoms with van der Waals surface area (Å²) in [6.45, 7) is -0.895. The quantitative estimate of drug-likeness (QED) is 0.240. The second-order valence-electron chi connectivity index (χ2n) is 5.16. The minimum Gasteiger partial charge on any atom is -0.477 e. The van der Waals surface area contributed by atoms with Crippen molar-refractivity contribution in [3.05, 3.63) is 0 Å². The summed E-state index contributed by atoms with van der Waals surface area (Å²) in [5, 5.41) is 59.4. The van der Waals surface area contributed by atoms with Crippen molar-refractivity contribution in [3.63, 3.8) is 0 Å². The number of hydrogen-bond acceptors (Lipinski definition) is 8. The van der Waals surface area contributed by atoms with Crippen molar-refractivity contribution in [3.8, 4) is 12.3 Å². The van der Waals surface area contributed by atoms with E-state index < -0.39 is 61.1 Å². The lowest BCUT2D eigenvalue weighted by atomic mass is 9.88. The number of carboxylic acids is 1. The number of hydrogen-bond donors (Lipinski definition) is 7. The number of aliphatic hydroxyl groups excluding tert-OH is 4. The number of amides is 1. The molecule has 0 saturated carbocycles. The lowest BCUT2D eigenvalue weighted by molar-refractivity contribution is -0.295. The molecule has 1 aliphatic rings. The molecule has 1 aliphatic heterocycles. The second kappa shape index (κ2) is 7.69. The van der Waals surface area contributed by atoms with Gasteiger partial charge in [0.05, 0.1) is 25.2 Å². The predicted octanol–water partition coefficient (Wildman–Crippen LogP) is -3.87. The molecule has 1 heterocycles. The van der Waals surface area contributed by atoms with E-state index in [4.69, 9.17) is 21.4 Å². The number of ether oxygens (including phenoxy) is 1. The maximum Gasteiger partial charge on any atom is 0.364 e. The van der Waals surface area contributed by atoms with Crippen molar-refractivity contribution in [1.29, 1.82) is 0 Å². The molecule has 0 aliphatic carbocycles. The Morgan fingerprint density at radius 1 is 1.43 bits per heavy atom. The van der Waals surface area contributed by atoms with Gasteiger partial charge in [-0.1, -0.05) is 5.92 Å². The number of rotatable bonds is 6. The molecular formula is C13H19NO9. The van der Waals surface area contributed by atoms with Crippen molar-refractivity contribution < 1.29 is 45.0 Å². The van der Waals surface area contributed by atoms with Crippen LogP contribution in [0.5, 0.6) is 0 Å². The van der Waals surface area contributed by atoms with Crippen molar-refractivity contribution in [2.24, 2.45) is 0 Å². The first-order chi connectivity index (χ1) is 10.7. The van der Waals surface area contributed by atoms with Crippen LogP contribution in [0.3, 0.4) is 0 Å². The molecule has 7 N–H and O–H groups in total. The zero-order valence-corrected chi connectivity index (χ0v) is 12.0. The van der Waals surface area contributed by atoms with Gasteiger partial charge >= 0.3 is 5.97 Å². The summed E-state index contributed by atoms with van der Waals surface area (Å²) in [7, 11) is 0. The molecule has 6 atom stereocenters. The Hall–Kier alpha value is -1.74. The molecule has 0 aromatic heterocycles. The molecule has 1 saturated heterocycles. The highest BCUT2D eigenvalue weighted by Crippen LogP contribution is 2.30. The van der Waals surface area contributed by atoms with Gasteiger partial charge in [-0.25, -0.2) is 4.79 Å². The fourth-order valence-electron chi connectivity index (χ4n) is 2.23. The van der Waals surface area contributed by atoms with Gasteiger partial charge in [-0.3, -0.25) is 4.79 Å². The summed E-state index contributed by atoms with van der Waals surface area (Å²) < 4.78 is 4.89. The van der Waals surface area contributed by atoms with Gasteiger partial charge in [0.15, 0.2) is 0 Å². The SMILES string of the molecule is C#CCC(=O)NC1C(O)CC(O)(C(=O)O)OC1[C@H](O)[C@H](O)CO. The Morgan fingerprint density at radius 2 is 2.04 bits per heavy atom. The number of carbonyl (C=O) groups excluding carboxylic acids is 1. The first-order valence-electron chi connectivity index (χ1n) is 6.67. The molecule has 10 heteroatoms. The van der Waals surface area contributed by atoms with Gasteiger partial charge < -0.3 is 40.7 Å². The van der Waals surface area contributed by atoms with Crippen LogP contribution < -0.4 is 5.32 Å². The third-order valence-corrected chi connectivity index (χ3v) is 3.43. The Bertz CT molecular complexity index is 490.